The average Bonchev–Trinajstić information content (AvgIpc) is 2.94. The van der Waals surface area contributed by atoms with Crippen molar-refractivity contribution in [3.63, 3.8) is 0 Å². The number of aromatic nitrogens is 1. The zero-order chi connectivity index (χ0) is 17.3. The molecule has 1 aromatic heterocycles. The van der Waals surface area contributed by atoms with Gasteiger partial charge >= 0.3 is 6.18 Å². The van der Waals surface area contributed by atoms with Crippen LogP contribution in [0.2, 0.25) is 0 Å². The minimum Gasteiger partial charge on any atom is -0.439 e. The Morgan fingerprint density at radius 1 is 1.33 bits per heavy atom. The van der Waals surface area contributed by atoms with Gasteiger partial charge in [-0.1, -0.05) is 12.8 Å². The van der Waals surface area contributed by atoms with Crippen LogP contribution in [0.4, 0.5) is 18.9 Å². The first-order chi connectivity index (χ1) is 11.3. The molecule has 6 nitrogen and oxygen atoms in total. The molecule has 0 unspecified atom stereocenters. The van der Waals surface area contributed by atoms with Crippen LogP contribution in [-0.4, -0.2) is 22.1 Å². The summed E-state index contributed by atoms with van der Waals surface area (Å²) in [5, 5.41) is 13.6. The summed E-state index contributed by atoms with van der Waals surface area (Å²) >= 11 is 0. The smallest absolute Gasteiger partial charge is 0.393 e. The van der Waals surface area contributed by atoms with E-state index in [4.69, 9.17) is 4.42 Å². The molecule has 2 atom stereocenters. The van der Waals surface area contributed by atoms with Crippen LogP contribution in [0, 0.1) is 16.0 Å². The van der Waals surface area contributed by atoms with Crippen molar-refractivity contribution < 1.29 is 22.5 Å². The average molecular weight is 343 g/mol. The molecule has 3 rings (SSSR count). The van der Waals surface area contributed by atoms with Crippen LogP contribution in [0.1, 0.15) is 31.6 Å². The van der Waals surface area contributed by atoms with Crippen LogP contribution >= 0.6 is 0 Å². The zero-order valence-corrected chi connectivity index (χ0v) is 12.7. The van der Waals surface area contributed by atoms with E-state index in [0.29, 0.717) is 23.9 Å². The Kier molecular flexibility index (Phi) is 4.44. The number of nitro benzene ring substituents is 1. The number of nitro groups is 1. The van der Waals surface area contributed by atoms with Crippen LogP contribution in [0.3, 0.4) is 0 Å². The van der Waals surface area contributed by atoms with Crippen LogP contribution < -0.4 is 5.32 Å². The van der Waals surface area contributed by atoms with Crippen molar-refractivity contribution in [2.24, 2.45) is 5.92 Å². The van der Waals surface area contributed by atoms with E-state index in [2.05, 4.69) is 10.3 Å². The molecule has 1 heterocycles. The number of halogens is 3. The number of hydrogen-bond donors (Lipinski definition) is 1. The van der Waals surface area contributed by atoms with Crippen molar-refractivity contribution in [2.45, 2.75) is 44.4 Å². The molecule has 2 aromatic rings. The van der Waals surface area contributed by atoms with E-state index >= 15 is 0 Å². The molecule has 130 valence electrons. The van der Waals surface area contributed by atoms with E-state index in [0.717, 1.165) is 6.42 Å². The Morgan fingerprint density at radius 3 is 2.79 bits per heavy atom. The maximum atomic E-state index is 13.1. The highest BCUT2D eigenvalue weighted by Crippen LogP contribution is 2.37. The standard InChI is InChI=1S/C15H16F3N3O3/c16-15(17,18)10-3-1-2-4-11(10)19-8-14-20-12-7-9(21(22)23)5-6-13(12)24-14/h5-7,10-11,19H,1-4,8H2/t10-,11-/m0/s1. The minimum absolute atomic E-state index is 0.0553. The molecule has 1 aliphatic rings. The minimum atomic E-state index is -4.22. The molecule has 1 aromatic carbocycles. The Balaban J connectivity index is 1.71. The Labute approximate surface area is 135 Å². The maximum absolute atomic E-state index is 13.1. The normalized spacial score (nSPS) is 22.0. The molecule has 0 bridgehead atoms. The second kappa shape index (κ2) is 6.39. The molecular formula is C15H16F3N3O3. The quantitative estimate of drug-likeness (QED) is 0.671. The number of alkyl halides is 3. The van der Waals surface area contributed by atoms with Gasteiger partial charge in [0, 0.05) is 18.2 Å². The van der Waals surface area contributed by atoms with Crippen LogP contribution in [0.5, 0.6) is 0 Å². The first-order valence-electron chi connectivity index (χ1n) is 7.68. The third-order valence-corrected chi connectivity index (χ3v) is 4.33. The predicted molar refractivity (Wildman–Crippen MR) is 79.3 cm³/mol. The summed E-state index contributed by atoms with van der Waals surface area (Å²) in [5.41, 5.74) is 0.574. The molecule has 1 N–H and O–H groups in total. The highest BCUT2D eigenvalue weighted by molar-refractivity contribution is 5.75. The summed E-state index contributed by atoms with van der Waals surface area (Å²) < 4.78 is 44.6. The van der Waals surface area contributed by atoms with Crippen molar-refractivity contribution in [3.05, 3.63) is 34.2 Å². The van der Waals surface area contributed by atoms with Crippen molar-refractivity contribution in [1.82, 2.24) is 10.3 Å². The number of fused-ring (bicyclic) bond motifs is 1. The molecule has 0 spiro atoms. The van der Waals surface area contributed by atoms with Gasteiger partial charge in [-0.3, -0.25) is 10.1 Å². The van der Waals surface area contributed by atoms with Gasteiger partial charge in [0.25, 0.3) is 5.69 Å². The number of non-ortho nitro benzene ring substituents is 1. The van der Waals surface area contributed by atoms with Gasteiger partial charge in [0.05, 0.1) is 17.4 Å². The van der Waals surface area contributed by atoms with Crippen LogP contribution in [0.15, 0.2) is 22.6 Å². The van der Waals surface area contributed by atoms with Crippen molar-refractivity contribution in [3.8, 4) is 0 Å². The van der Waals surface area contributed by atoms with Gasteiger partial charge in [-0.2, -0.15) is 13.2 Å². The summed E-state index contributed by atoms with van der Waals surface area (Å²) in [6, 6.07) is 3.35. The SMILES string of the molecule is O=[N+]([O-])c1ccc2oc(CN[C@H]3CCCC[C@@H]3C(F)(F)F)nc2c1. The molecule has 1 aliphatic carbocycles. The van der Waals surface area contributed by atoms with E-state index in [1.54, 1.807) is 0 Å². The largest absolute Gasteiger partial charge is 0.439 e. The predicted octanol–water partition coefficient (Wildman–Crippen LogP) is 3.95. The van der Waals surface area contributed by atoms with Crippen molar-refractivity contribution >= 4 is 16.8 Å². The number of rotatable bonds is 4. The molecule has 24 heavy (non-hydrogen) atoms. The van der Waals surface area contributed by atoms with Gasteiger partial charge in [0.2, 0.25) is 5.89 Å². The van der Waals surface area contributed by atoms with E-state index in [1.165, 1.54) is 18.2 Å². The molecule has 0 aliphatic heterocycles. The van der Waals surface area contributed by atoms with E-state index < -0.39 is 23.1 Å². The topological polar surface area (TPSA) is 81.2 Å². The van der Waals surface area contributed by atoms with Gasteiger partial charge < -0.3 is 9.73 Å². The second-order valence-corrected chi connectivity index (χ2v) is 5.94. The Morgan fingerprint density at radius 2 is 2.08 bits per heavy atom. The van der Waals surface area contributed by atoms with Crippen LogP contribution in [0.25, 0.3) is 11.1 Å². The summed E-state index contributed by atoms with van der Waals surface area (Å²) in [7, 11) is 0. The number of benzene rings is 1. The van der Waals surface area contributed by atoms with Crippen molar-refractivity contribution in [1.29, 1.82) is 0 Å². The number of nitrogens with zero attached hydrogens (tertiary/aromatic N) is 2. The van der Waals surface area contributed by atoms with E-state index in [-0.39, 0.29) is 24.5 Å². The molecule has 0 saturated heterocycles. The third-order valence-electron chi connectivity index (χ3n) is 4.33. The highest BCUT2D eigenvalue weighted by atomic mass is 19.4. The summed E-state index contributed by atoms with van der Waals surface area (Å²) in [6.45, 7) is 0.0553. The van der Waals surface area contributed by atoms with Gasteiger partial charge in [0.1, 0.15) is 5.52 Å². The van der Waals surface area contributed by atoms with Crippen molar-refractivity contribution in [2.75, 3.05) is 0 Å². The molecule has 0 radical (unpaired) electrons. The lowest BCUT2D eigenvalue weighted by molar-refractivity contribution is -0.384. The van der Waals surface area contributed by atoms with Gasteiger partial charge in [-0.05, 0) is 18.9 Å². The van der Waals surface area contributed by atoms with Crippen LogP contribution in [-0.2, 0) is 6.54 Å². The lowest BCUT2D eigenvalue weighted by Crippen LogP contribution is -2.45. The van der Waals surface area contributed by atoms with Gasteiger partial charge in [-0.15, -0.1) is 0 Å². The number of nitrogens with one attached hydrogen (secondary N) is 1. The fraction of sp³-hybridized carbons (Fsp3) is 0.533. The zero-order valence-electron chi connectivity index (χ0n) is 12.7. The van der Waals surface area contributed by atoms with Gasteiger partial charge in [0.15, 0.2) is 5.58 Å². The molecule has 0 amide bonds. The molecule has 1 fully saturated rings. The highest BCUT2D eigenvalue weighted by Gasteiger charge is 2.45. The summed E-state index contributed by atoms with van der Waals surface area (Å²) in [6.07, 6.45) is -2.31. The fourth-order valence-corrected chi connectivity index (χ4v) is 3.14. The first kappa shape index (κ1) is 16.7. The number of oxazole rings is 1. The molecular weight excluding hydrogens is 327 g/mol. The third kappa shape index (κ3) is 3.50. The molecule has 1 saturated carbocycles. The molecule has 9 heteroatoms. The lowest BCUT2D eigenvalue weighted by atomic mass is 9.84. The maximum Gasteiger partial charge on any atom is 0.393 e. The van der Waals surface area contributed by atoms with Gasteiger partial charge in [-0.25, -0.2) is 4.98 Å². The summed E-state index contributed by atoms with van der Waals surface area (Å²) in [4.78, 5) is 14.3. The number of hydrogen-bond acceptors (Lipinski definition) is 5. The lowest BCUT2D eigenvalue weighted by Gasteiger charge is -2.33. The Bertz CT molecular complexity index is 744. The van der Waals surface area contributed by atoms with E-state index in [9.17, 15) is 23.3 Å². The van der Waals surface area contributed by atoms with E-state index in [1.807, 2.05) is 0 Å². The second-order valence-electron chi connectivity index (χ2n) is 5.94. The Hall–Kier alpha value is -2.16. The first-order valence-corrected chi connectivity index (χ1v) is 7.68. The summed E-state index contributed by atoms with van der Waals surface area (Å²) in [5.74, 6) is -1.14. The monoisotopic (exact) mass is 343 g/mol. The fourth-order valence-electron chi connectivity index (χ4n) is 3.14.